The van der Waals surface area contributed by atoms with Gasteiger partial charge >= 0.3 is 26.0 Å². The van der Waals surface area contributed by atoms with Gasteiger partial charge in [-0.3, -0.25) is 0 Å². The van der Waals surface area contributed by atoms with Crippen molar-refractivity contribution in [3.63, 3.8) is 0 Å². The van der Waals surface area contributed by atoms with Crippen LogP contribution in [0.2, 0.25) is 0 Å². The zero-order valence-corrected chi connectivity index (χ0v) is 12.9. The first-order valence-electron chi connectivity index (χ1n) is 6.32. The van der Waals surface area contributed by atoms with Crippen LogP contribution in [-0.2, 0) is 9.31 Å². The Morgan fingerprint density at radius 2 is 1.65 bits per heavy atom. The Morgan fingerprint density at radius 3 is 2.10 bits per heavy atom. The zero-order valence-electron chi connectivity index (χ0n) is 12.9. The summed E-state index contributed by atoms with van der Waals surface area (Å²) in [5.74, 6) is -1.18. The van der Waals surface area contributed by atoms with Crippen molar-refractivity contribution in [3.05, 3.63) is 29.3 Å². The van der Waals surface area contributed by atoms with Crippen LogP contribution in [0.15, 0.2) is 18.2 Å². The Hall–Kier alpha value is -0.728. The fourth-order valence-corrected chi connectivity index (χ4v) is 2.10. The fourth-order valence-electron chi connectivity index (χ4n) is 2.10. The molecule has 0 atom stereocenters. The van der Waals surface area contributed by atoms with Crippen molar-refractivity contribution in [1.29, 1.82) is 0 Å². The van der Waals surface area contributed by atoms with Crippen LogP contribution in [0.5, 0.6) is 0 Å². The number of hydrogen-bond donors (Lipinski definition) is 0. The van der Waals surface area contributed by atoms with E-state index < -0.39 is 24.3 Å². The van der Waals surface area contributed by atoms with Crippen LogP contribution in [-0.4, -0.2) is 24.3 Å². The van der Waals surface area contributed by atoms with Gasteiger partial charge in [0, 0.05) is 0 Å². The first-order chi connectivity index (χ1) is 8.66. The first kappa shape index (κ1) is 17.3. The van der Waals surface area contributed by atoms with Crippen molar-refractivity contribution in [2.75, 3.05) is 0 Å². The van der Waals surface area contributed by atoms with Crippen LogP contribution in [0.1, 0.15) is 43.6 Å². The molecule has 1 aliphatic rings. The first-order valence-corrected chi connectivity index (χ1v) is 6.32. The van der Waals surface area contributed by atoms with Gasteiger partial charge in [-0.15, -0.1) is 0 Å². The molecule has 0 unspecified atom stereocenters. The number of benzene rings is 1. The van der Waals surface area contributed by atoms with E-state index in [4.69, 9.17) is 9.31 Å². The van der Waals surface area contributed by atoms with Crippen molar-refractivity contribution < 1.29 is 38.1 Å². The van der Waals surface area contributed by atoms with E-state index in [0.717, 1.165) is 5.46 Å². The molecule has 1 heterocycles. The predicted octanol–water partition coefficient (Wildman–Crippen LogP) is -2.34. The summed E-state index contributed by atoms with van der Waals surface area (Å²) in [6, 6.07) is 5.03. The molecule has 1 aliphatic heterocycles. The molecule has 0 aliphatic carbocycles. The molecule has 0 saturated carbocycles. The van der Waals surface area contributed by atoms with Crippen molar-refractivity contribution in [3.8, 4) is 0 Å². The number of carboxylic acid groups (broad SMARTS) is 1. The van der Waals surface area contributed by atoms with Crippen molar-refractivity contribution in [2.45, 2.75) is 45.8 Å². The minimum atomic E-state index is -1.18. The molecule has 1 aromatic rings. The second kappa shape index (κ2) is 5.57. The molecule has 2 rings (SSSR count). The molecule has 4 nitrogen and oxygen atoms in total. The number of carbonyl (C=O) groups is 1. The zero-order chi connectivity index (χ0) is 14.4. The smallest absolute Gasteiger partial charge is 0.545 e. The molecule has 1 aromatic carbocycles. The summed E-state index contributed by atoms with van der Waals surface area (Å²) in [5.41, 5.74) is 0.650. The van der Waals surface area contributed by atoms with Crippen LogP contribution in [0.25, 0.3) is 0 Å². The Bertz CT molecular complexity index is 512. The number of aromatic carboxylic acids is 1. The van der Waals surface area contributed by atoms with Gasteiger partial charge in [-0.2, -0.15) is 0 Å². The van der Waals surface area contributed by atoms with Crippen LogP contribution in [0.3, 0.4) is 0 Å². The molecule has 1 fully saturated rings. The van der Waals surface area contributed by atoms with E-state index in [2.05, 4.69) is 0 Å². The molecule has 0 spiro atoms. The third-order valence-electron chi connectivity index (χ3n) is 4.10. The second-order valence-electron chi connectivity index (χ2n) is 5.90. The van der Waals surface area contributed by atoms with E-state index in [1.807, 2.05) is 33.8 Å². The maximum absolute atomic E-state index is 11.1. The third kappa shape index (κ3) is 2.82. The van der Waals surface area contributed by atoms with E-state index in [0.29, 0.717) is 5.56 Å². The minimum absolute atomic E-state index is 0. The number of rotatable bonds is 2. The fraction of sp³-hybridized carbons (Fsp3) is 0.500. The topological polar surface area (TPSA) is 58.6 Å². The third-order valence-corrected chi connectivity index (χ3v) is 4.10. The summed E-state index contributed by atoms with van der Waals surface area (Å²) in [5, 5.41) is 11.1. The number of carboxylic acids is 1. The summed E-state index contributed by atoms with van der Waals surface area (Å²) in [4.78, 5) is 11.1. The molecule has 1 saturated heterocycles. The Morgan fingerprint density at radius 1 is 1.15 bits per heavy atom. The maximum atomic E-state index is 11.1. The summed E-state index contributed by atoms with van der Waals surface area (Å²) in [6.45, 7) is 9.59. The number of hydrogen-bond acceptors (Lipinski definition) is 4. The summed E-state index contributed by atoms with van der Waals surface area (Å²) < 4.78 is 11.9. The number of carbonyl (C=O) groups excluding carboxylic acids is 1. The maximum Gasteiger partial charge on any atom is 1.00 e. The van der Waals surface area contributed by atoms with E-state index in [-0.39, 0.29) is 24.4 Å². The molecule has 20 heavy (non-hydrogen) atoms. The van der Waals surface area contributed by atoms with Crippen LogP contribution in [0.4, 0.5) is 0 Å². The quantitative estimate of drug-likeness (QED) is 0.564. The van der Waals surface area contributed by atoms with Gasteiger partial charge in [-0.25, -0.2) is 0 Å². The van der Waals surface area contributed by atoms with Crippen molar-refractivity contribution >= 4 is 18.6 Å². The average molecular weight is 268 g/mol. The van der Waals surface area contributed by atoms with Crippen molar-refractivity contribution in [2.24, 2.45) is 0 Å². The Labute approximate surface area is 132 Å². The van der Waals surface area contributed by atoms with E-state index in [1.54, 1.807) is 13.0 Å². The van der Waals surface area contributed by atoms with Gasteiger partial charge in [0.2, 0.25) is 0 Å². The molecular formula is C14H18BLiO4. The summed E-state index contributed by atoms with van der Waals surface area (Å²) in [6.07, 6.45) is 0. The van der Waals surface area contributed by atoms with E-state index >= 15 is 0 Å². The normalized spacial score (nSPS) is 19.6. The molecule has 0 aromatic heterocycles. The van der Waals surface area contributed by atoms with E-state index in [1.165, 1.54) is 6.07 Å². The van der Waals surface area contributed by atoms with Gasteiger partial charge in [0.1, 0.15) is 0 Å². The van der Waals surface area contributed by atoms with Crippen LogP contribution >= 0.6 is 0 Å². The molecular weight excluding hydrogens is 250 g/mol. The minimum Gasteiger partial charge on any atom is -0.545 e. The van der Waals surface area contributed by atoms with Gasteiger partial charge in [0.25, 0.3) is 0 Å². The standard InChI is InChI=1S/C14H19BO4.Li/c1-9-10(12(16)17)7-6-8-11(9)15-18-13(2,3)14(4,5)19-15;/h6-8H,1-5H3,(H,16,17);/q;+1/p-1. The second-order valence-corrected chi connectivity index (χ2v) is 5.90. The van der Waals surface area contributed by atoms with Gasteiger partial charge in [0.05, 0.1) is 17.2 Å². The SMILES string of the molecule is Cc1c(B2OC(C)(C)C(C)(C)O2)cccc1C(=O)[O-].[Li+]. The van der Waals surface area contributed by atoms with Gasteiger partial charge in [0.15, 0.2) is 0 Å². The molecule has 102 valence electrons. The monoisotopic (exact) mass is 268 g/mol. The van der Waals surface area contributed by atoms with Gasteiger partial charge in [-0.1, -0.05) is 18.2 Å². The summed E-state index contributed by atoms with van der Waals surface area (Å²) in [7, 11) is -0.552. The largest absolute Gasteiger partial charge is 1.00 e. The molecule has 0 amide bonds. The Balaban J connectivity index is 0.00000200. The van der Waals surface area contributed by atoms with Crippen LogP contribution in [0, 0.1) is 6.92 Å². The summed E-state index contributed by atoms with van der Waals surface area (Å²) >= 11 is 0. The predicted molar refractivity (Wildman–Crippen MR) is 71.2 cm³/mol. The van der Waals surface area contributed by atoms with E-state index in [9.17, 15) is 9.90 Å². The van der Waals surface area contributed by atoms with Gasteiger partial charge < -0.3 is 19.2 Å². The Kier molecular flexibility index (Phi) is 4.83. The van der Waals surface area contributed by atoms with Crippen LogP contribution < -0.4 is 29.4 Å². The molecule has 0 bridgehead atoms. The average Bonchev–Trinajstić information content (AvgIpc) is 2.47. The van der Waals surface area contributed by atoms with Gasteiger partial charge in [-0.05, 0) is 51.2 Å². The molecule has 0 radical (unpaired) electrons. The molecule has 0 N–H and O–H groups in total. The van der Waals surface area contributed by atoms with Crippen molar-refractivity contribution in [1.82, 2.24) is 0 Å². The molecule has 6 heteroatoms.